The number of nitrogens with zero attached hydrogens (tertiary/aromatic N) is 2. The van der Waals surface area contributed by atoms with Gasteiger partial charge in [0.2, 0.25) is 5.91 Å². The fourth-order valence-corrected chi connectivity index (χ4v) is 6.13. The highest BCUT2D eigenvalue weighted by atomic mass is 31.2. The summed E-state index contributed by atoms with van der Waals surface area (Å²) < 4.78 is 32.0. The van der Waals surface area contributed by atoms with E-state index in [-0.39, 0.29) is 17.5 Å². The van der Waals surface area contributed by atoms with E-state index in [1.807, 2.05) is 25.2 Å². The molecule has 0 bridgehead atoms. The summed E-state index contributed by atoms with van der Waals surface area (Å²) >= 11 is 0. The Kier molecular flexibility index (Phi) is 8.29. The first kappa shape index (κ1) is 26.1. The minimum absolute atomic E-state index is 0.0416. The van der Waals surface area contributed by atoms with Gasteiger partial charge in [-0.15, -0.1) is 0 Å². The number of carbonyl (C=O) groups excluding carboxylic acids is 1. The molecule has 1 N–H and O–H groups in total. The zero-order chi connectivity index (χ0) is 25.6. The largest absolute Gasteiger partial charge is 0.463 e. The van der Waals surface area contributed by atoms with Crippen LogP contribution in [0.15, 0.2) is 59.4 Å². The van der Waals surface area contributed by atoms with Crippen LogP contribution in [0, 0.1) is 5.41 Å². The highest BCUT2D eigenvalue weighted by Crippen LogP contribution is 2.57. The minimum Gasteiger partial charge on any atom is -0.463 e. The molecule has 36 heavy (non-hydrogen) atoms. The maximum absolute atomic E-state index is 13.1. The smallest absolute Gasteiger partial charge is 0.335 e. The number of anilines is 1. The van der Waals surface area contributed by atoms with Crippen LogP contribution >= 0.6 is 7.60 Å². The summed E-state index contributed by atoms with van der Waals surface area (Å²) in [5, 5.41) is 7.10. The first-order chi connectivity index (χ1) is 17.4. The molecule has 3 aromatic rings. The van der Waals surface area contributed by atoms with Gasteiger partial charge in [0.15, 0.2) is 5.76 Å². The second kappa shape index (κ2) is 11.4. The van der Waals surface area contributed by atoms with E-state index in [9.17, 15) is 9.36 Å². The molecule has 0 aliphatic carbocycles. The van der Waals surface area contributed by atoms with Crippen LogP contribution in [0.3, 0.4) is 0 Å². The summed E-state index contributed by atoms with van der Waals surface area (Å²) in [6, 6.07) is 10.9. The number of unbranched alkanes of at least 4 members (excludes halogenated alkanes) is 1. The second-order valence-electron chi connectivity index (χ2n) is 9.34. The summed E-state index contributed by atoms with van der Waals surface area (Å²) in [4.78, 5) is 12.5. The van der Waals surface area contributed by atoms with Crippen LogP contribution in [-0.2, 0) is 31.6 Å². The molecule has 1 aliphatic rings. The highest BCUT2D eigenvalue weighted by Gasteiger charge is 2.40. The topological polar surface area (TPSA) is 95.6 Å². The molecular weight excluding hydrogens is 477 g/mol. The lowest BCUT2D eigenvalue weighted by atomic mass is 9.82. The third-order valence-corrected chi connectivity index (χ3v) is 8.48. The summed E-state index contributed by atoms with van der Waals surface area (Å²) in [6.45, 7) is 5.25. The lowest BCUT2D eigenvalue weighted by Crippen LogP contribution is -2.35. The number of aromatic nitrogens is 2. The van der Waals surface area contributed by atoms with Crippen LogP contribution < -0.4 is 5.32 Å². The predicted octanol–water partition coefficient (Wildman–Crippen LogP) is 6.66. The van der Waals surface area contributed by atoms with Gasteiger partial charge in [0, 0.05) is 29.8 Å². The minimum atomic E-state index is -3.19. The van der Waals surface area contributed by atoms with Crippen molar-refractivity contribution in [2.75, 3.05) is 18.5 Å². The number of aryl methyl sites for hydroxylation is 1. The van der Waals surface area contributed by atoms with E-state index in [1.54, 1.807) is 41.4 Å². The SMILES string of the molecule is CCCCC1(CC)COP(=O)(Cc2ccc(NC(=O)/C=C/c3cnn(C)c3-c3ccco3)cc2)OC1. The summed E-state index contributed by atoms with van der Waals surface area (Å²) in [5.41, 5.74) is 3.00. The van der Waals surface area contributed by atoms with Gasteiger partial charge >= 0.3 is 7.60 Å². The van der Waals surface area contributed by atoms with Crippen LogP contribution in [0.2, 0.25) is 0 Å². The third-order valence-electron chi connectivity index (χ3n) is 6.68. The number of rotatable bonds is 10. The Morgan fingerprint density at radius 1 is 1.19 bits per heavy atom. The maximum atomic E-state index is 13.1. The van der Waals surface area contributed by atoms with Crippen molar-refractivity contribution in [3.8, 4) is 11.5 Å². The molecule has 1 saturated heterocycles. The summed E-state index contributed by atoms with van der Waals surface area (Å²) in [5.74, 6) is 0.406. The van der Waals surface area contributed by atoms with E-state index in [4.69, 9.17) is 13.5 Å². The molecule has 4 rings (SSSR count). The van der Waals surface area contributed by atoms with Gasteiger partial charge in [-0.3, -0.25) is 14.0 Å². The van der Waals surface area contributed by atoms with Crippen molar-refractivity contribution >= 4 is 25.3 Å². The van der Waals surface area contributed by atoms with Gasteiger partial charge in [-0.25, -0.2) is 0 Å². The van der Waals surface area contributed by atoms with Crippen LogP contribution in [0.1, 0.15) is 50.7 Å². The van der Waals surface area contributed by atoms with Gasteiger partial charge in [-0.05, 0) is 48.7 Å². The van der Waals surface area contributed by atoms with Crippen molar-refractivity contribution in [3.05, 3.63) is 66.1 Å². The van der Waals surface area contributed by atoms with E-state index >= 15 is 0 Å². The zero-order valence-corrected chi connectivity index (χ0v) is 22.0. The molecule has 1 aromatic carbocycles. The van der Waals surface area contributed by atoms with E-state index in [1.165, 1.54) is 6.08 Å². The maximum Gasteiger partial charge on any atom is 0.335 e. The monoisotopic (exact) mass is 511 g/mol. The Hall–Kier alpha value is -2.93. The average Bonchev–Trinajstić information content (AvgIpc) is 3.53. The Balaban J connectivity index is 1.33. The molecule has 0 saturated carbocycles. The van der Waals surface area contributed by atoms with E-state index < -0.39 is 7.60 Å². The molecule has 3 heterocycles. The lowest BCUT2D eigenvalue weighted by molar-refractivity contribution is -0.111. The van der Waals surface area contributed by atoms with E-state index in [0.29, 0.717) is 24.7 Å². The number of benzene rings is 1. The van der Waals surface area contributed by atoms with Crippen molar-refractivity contribution < 1.29 is 22.8 Å². The van der Waals surface area contributed by atoms with Gasteiger partial charge in [-0.2, -0.15) is 5.10 Å². The molecule has 2 aromatic heterocycles. The van der Waals surface area contributed by atoms with Gasteiger partial charge in [0.1, 0.15) is 5.69 Å². The first-order valence-electron chi connectivity index (χ1n) is 12.4. The lowest BCUT2D eigenvalue weighted by Gasteiger charge is -2.39. The van der Waals surface area contributed by atoms with Crippen molar-refractivity contribution in [1.82, 2.24) is 9.78 Å². The second-order valence-corrected chi connectivity index (χ2v) is 11.4. The number of hydrogen-bond acceptors (Lipinski definition) is 6. The fraction of sp³-hybridized carbons (Fsp3) is 0.407. The molecule has 0 radical (unpaired) electrons. The summed E-state index contributed by atoms with van der Waals surface area (Å²) in [7, 11) is -1.36. The third kappa shape index (κ3) is 6.25. The number of furan rings is 1. The molecule has 0 spiro atoms. The molecule has 1 amide bonds. The number of carbonyl (C=O) groups is 1. The zero-order valence-electron chi connectivity index (χ0n) is 21.1. The Labute approximate surface area is 212 Å². The quantitative estimate of drug-likeness (QED) is 0.242. The van der Waals surface area contributed by atoms with E-state index in [0.717, 1.165) is 42.5 Å². The van der Waals surface area contributed by atoms with Crippen molar-refractivity contribution in [3.63, 3.8) is 0 Å². The van der Waals surface area contributed by atoms with Gasteiger partial charge in [-0.1, -0.05) is 38.8 Å². The number of amides is 1. The molecule has 1 aliphatic heterocycles. The highest BCUT2D eigenvalue weighted by molar-refractivity contribution is 7.53. The van der Waals surface area contributed by atoms with Crippen molar-refractivity contribution in [2.45, 2.75) is 45.7 Å². The van der Waals surface area contributed by atoms with Crippen LogP contribution in [0.5, 0.6) is 0 Å². The number of nitrogens with one attached hydrogen (secondary N) is 1. The molecule has 0 unspecified atom stereocenters. The first-order valence-corrected chi connectivity index (χ1v) is 14.1. The fourth-order valence-electron chi connectivity index (χ4n) is 4.28. The van der Waals surface area contributed by atoms with Crippen LogP contribution in [0.25, 0.3) is 17.5 Å². The molecule has 192 valence electrons. The molecule has 8 nitrogen and oxygen atoms in total. The Morgan fingerprint density at radius 3 is 2.58 bits per heavy atom. The number of hydrogen-bond donors (Lipinski definition) is 1. The Bertz CT molecular complexity index is 1220. The molecule has 0 atom stereocenters. The van der Waals surface area contributed by atoms with Gasteiger partial charge < -0.3 is 18.8 Å². The summed E-state index contributed by atoms with van der Waals surface area (Å²) in [6.07, 6.45) is 10.9. The van der Waals surface area contributed by atoms with Crippen molar-refractivity contribution in [2.24, 2.45) is 12.5 Å². The van der Waals surface area contributed by atoms with E-state index in [2.05, 4.69) is 24.3 Å². The Morgan fingerprint density at radius 2 is 1.94 bits per heavy atom. The normalized spacial score (nSPS) is 22.2. The molecular formula is C27H34N3O5P. The van der Waals surface area contributed by atoms with Crippen molar-refractivity contribution in [1.29, 1.82) is 0 Å². The average molecular weight is 512 g/mol. The molecule has 1 fully saturated rings. The van der Waals surface area contributed by atoms with Crippen LogP contribution in [-0.4, -0.2) is 28.9 Å². The van der Waals surface area contributed by atoms with Crippen LogP contribution in [0.4, 0.5) is 5.69 Å². The standard InChI is InChI=1S/C27H34N3O5P/c1-4-6-15-27(5-2)19-34-36(32,35-20-27)18-21-9-12-23(13-10-21)29-25(31)14-11-22-17-28-30(3)26(22)24-8-7-16-33-24/h7-14,16-17H,4-6,15,18-20H2,1-3H3,(H,29,31)/b14-11+. The molecule has 9 heteroatoms. The predicted molar refractivity (Wildman–Crippen MR) is 140 cm³/mol. The van der Waals surface area contributed by atoms with Gasteiger partial charge in [0.05, 0.1) is 31.8 Å². The van der Waals surface area contributed by atoms with Gasteiger partial charge in [0.25, 0.3) is 0 Å².